The molecule has 2 heterocycles. The maximum atomic E-state index is 5.86. The maximum Gasteiger partial charge on any atom is 0.126 e. The molecule has 0 spiro atoms. The quantitative estimate of drug-likeness (QED) is 0.150. The lowest BCUT2D eigenvalue weighted by Gasteiger charge is -2.12. The number of ether oxygens (including phenoxy) is 2. The smallest absolute Gasteiger partial charge is 0.126 e. The van der Waals surface area contributed by atoms with E-state index in [0.717, 1.165) is 45.1 Å². The minimum atomic E-state index is 0.778. The maximum absolute atomic E-state index is 5.86. The highest BCUT2D eigenvalue weighted by Gasteiger charge is 2.13. The third-order valence-corrected chi connectivity index (χ3v) is 9.96. The normalized spacial score (nSPS) is 11.9. The Hall–Kier alpha value is -6.78. The van der Waals surface area contributed by atoms with Crippen molar-refractivity contribution in [2.24, 2.45) is 0 Å². The molecule has 0 fully saturated rings. The summed E-state index contributed by atoms with van der Waals surface area (Å²) in [7, 11) is 3.42. The number of methoxy groups -OCH3 is 2. The van der Waals surface area contributed by atoms with Crippen LogP contribution in [0.1, 0.15) is 22.3 Å². The van der Waals surface area contributed by atoms with Gasteiger partial charge in [0.15, 0.2) is 0 Å². The highest BCUT2D eigenvalue weighted by atomic mass is 16.5. The van der Waals surface area contributed by atoms with E-state index in [0.29, 0.717) is 0 Å². The summed E-state index contributed by atoms with van der Waals surface area (Å²) < 4.78 is 16.4. The van der Waals surface area contributed by atoms with E-state index in [1.165, 1.54) is 43.6 Å². The average molecular weight is 673 g/mol. The largest absolute Gasteiger partial charge is 0.496 e. The van der Waals surface area contributed by atoms with Gasteiger partial charge in [0.1, 0.15) is 11.5 Å². The van der Waals surface area contributed by atoms with Crippen LogP contribution < -0.4 is 9.47 Å². The molecule has 2 aromatic heterocycles. The van der Waals surface area contributed by atoms with E-state index in [2.05, 4.69) is 179 Å². The fourth-order valence-electron chi connectivity index (χ4n) is 7.45. The topological polar surface area (TPSA) is 28.3 Å². The van der Waals surface area contributed by atoms with E-state index in [1.807, 2.05) is 12.1 Å². The summed E-state index contributed by atoms with van der Waals surface area (Å²) in [5, 5.41) is 5.04. The van der Waals surface area contributed by atoms with Gasteiger partial charge in [-0.1, -0.05) is 121 Å². The van der Waals surface area contributed by atoms with Crippen LogP contribution in [-0.2, 0) is 0 Å². The van der Waals surface area contributed by atoms with Gasteiger partial charge in [0.2, 0.25) is 0 Å². The zero-order chi connectivity index (χ0) is 35.0. The van der Waals surface area contributed by atoms with E-state index in [9.17, 15) is 0 Å². The van der Waals surface area contributed by atoms with E-state index >= 15 is 0 Å². The average Bonchev–Trinajstić information content (AvgIpc) is 3.73. The van der Waals surface area contributed by atoms with Crippen molar-refractivity contribution in [3.63, 3.8) is 0 Å². The summed E-state index contributed by atoms with van der Waals surface area (Å²) in [6.45, 7) is 0. The molecule has 0 saturated carbocycles. The molecule has 0 unspecified atom stereocenters. The fraction of sp³-hybridized carbons (Fsp3) is 0.0417. The number of fused-ring (bicyclic) bond motifs is 6. The Bertz CT molecular complexity index is 2500. The lowest BCUT2D eigenvalue weighted by Crippen LogP contribution is -1.94. The van der Waals surface area contributed by atoms with Gasteiger partial charge >= 0.3 is 0 Å². The van der Waals surface area contributed by atoms with Gasteiger partial charge in [-0.2, -0.15) is 0 Å². The van der Waals surface area contributed by atoms with Gasteiger partial charge < -0.3 is 18.6 Å². The van der Waals surface area contributed by atoms with Gasteiger partial charge in [0.25, 0.3) is 0 Å². The molecule has 52 heavy (non-hydrogen) atoms. The van der Waals surface area contributed by atoms with Crippen molar-refractivity contribution in [2.75, 3.05) is 14.2 Å². The van der Waals surface area contributed by atoms with Gasteiger partial charge in [0, 0.05) is 44.0 Å². The summed E-state index contributed by atoms with van der Waals surface area (Å²) in [6.07, 6.45) is 8.39. The van der Waals surface area contributed by atoms with Crippen molar-refractivity contribution < 1.29 is 9.47 Å². The second-order valence-corrected chi connectivity index (χ2v) is 12.9. The number of para-hydroxylation sites is 4. The van der Waals surface area contributed by atoms with Crippen LogP contribution in [0.25, 0.3) is 79.3 Å². The van der Waals surface area contributed by atoms with Crippen molar-refractivity contribution in [3.05, 3.63) is 180 Å². The SMILES string of the molecule is COc1cc(/C=C/c2ccc(-n3c4ccccc4c4ccccc43)cc2)c(OC)cc1/C=C\c1ccc(-n2c3ccccc3c3ccccc32)cc1. The number of aromatic nitrogens is 2. The standard InChI is InChI=1S/C48H36N2O2/c1-51-47-31-36(26-20-34-23-29-38(30-24-34)50-45-17-9-5-13-41(45)42-14-6-10-18-46(42)50)48(52-2)32-35(47)25-19-33-21-27-37(28-22-33)49-43-15-7-3-11-39(43)40-12-4-8-16-44(40)49/h3-32H,1-2H3/b25-19-,26-20+. The fourth-order valence-corrected chi connectivity index (χ4v) is 7.45. The first-order valence-corrected chi connectivity index (χ1v) is 17.5. The molecule has 0 amide bonds. The minimum Gasteiger partial charge on any atom is -0.496 e. The Morgan fingerprint density at radius 1 is 0.365 bits per heavy atom. The molecule has 0 atom stereocenters. The van der Waals surface area contributed by atoms with Gasteiger partial charge in [-0.3, -0.25) is 0 Å². The number of rotatable bonds is 8. The molecular formula is C48H36N2O2. The molecule has 4 nitrogen and oxygen atoms in total. The molecule has 0 aliphatic heterocycles. The highest BCUT2D eigenvalue weighted by molar-refractivity contribution is 6.10. The molecule has 0 bridgehead atoms. The van der Waals surface area contributed by atoms with Crippen LogP contribution in [0.2, 0.25) is 0 Å². The monoisotopic (exact) mass is 672 g/mol. The number of hydrogen-bond acceptors (Lipinski definition) is 2. The number of benzene rings is 7. The molecule has 9 rings (SSSR count). The van der Waals surface area contributed by atoms with E-state index in [1.54, 1.807) is 14.2 Å². The molecule has 9 aromatic rings. The molecule has 0 aliphatic rings. The lowest BCUT2D eigenvalue weighted by molar-refractivity contribution is 0.401. The Balaban J connectivity index is 0.970. The van der Waals surface area contributed by atoms with E-state index in [-0.39, 0.29) is 0 Å². The molecule has 0 aliphatic carbocycles. The molecule has 250 valence electrons. The van der Waals surface area contributed by atoms with Crippen LogP contribution in [0, 0.1) is 0 Å². The van der Waals surface area contributed by atoms with Gasteiger partial charge in [-0.15, -0.1) is 0 Å². The van der Waals surface area contributed by atoms with Crippen molar-refractivity contribution in [3.8, 4) is 22.9 Å². The van der Waals surface area contributed by atoms with E-state index < -0.39 is 0 Å². The van der Waals surface area contributed by atoms with Gasteiger partial charge in [0.05, 0.1) is 36.3 Å². The van der Waals surface area contributed by atoms with Crippen LogP contribution in [0.3, 0.4) is 0 Å². The summed E-state index contributed by atoms with van der Waals surface area (Å²) in [5.41, 5.74) is 11.2. The summed E-state index contributed by atoms with van der Waals surface area (Å²) in [6, 6.07) is 55.7. The summed E-state index contributed by atoms with van der Waals surface area (Å²) in [4.78, 5) is 0. The second kappa shape index (κ2) is 13.2. The molecular weight excluding hydrogens is 637 g/mol. The Morgan fingerprint density at radius 3 is 0.981 bits per heavy atom. The van der Waals surface area contributed by atoms with Crippen LogP contribution in [0.4, 0.5) is 0 Å². The summed E-state index contributed by atoms with van der Waals surface area (Å²) in [5.74, 6) is 1.56. The Kier molecular flexibility index (Phi) is 7.90. The second-order valence-electron chi connectivity index (χ2n) is 12.9. The van der Waals surface area contributed by atoms with Gasteiger partial charge in [-0.25, -0.2) is 0 Å². The Labute approximate surface area is 302 Å². The molecule has 0 saturated heterocycles. The lowest BCUT2D eigenvalue weighted by atomic mass is 10.0. The van der Waals surface area contributed by atoms with Crippen molar-refractivity contribution in [2.45, 2.75) is 0 Å². The van der Waals surface area contributed by atoms with E-state index in [4.69, 9.17) is 9.47 Å². The Morgan fingerprint density at radius 2 is 0.673 bits per heavy atom. The van der Waals surface area contributed by atoms with Crippen LogP contribution in [-0.4, -0.2) is 23.4 Å². The molecule has 0 radical (unpaired) electrons. The predicted molar refractivity (Wildman–Crippen MR) is 219 cm³/mol. The number of nitrogens with zero attached hydrogens (tertiary/aromatic N) is 2. The van der Waals surface area contributed by atoms with Crippen molar-refractivity contribution in [1.82, 2.24) is 9.13 Å². The van der Waals surface area contributed by atoms with Crippen LogP contribution >= 0.6 is 0 Å². The number of hydrogen-bond donors (Lipinski definition) is 0. The predicted octanol–water partition coefficient (Wildman–Crippen LogP) is 12.2. The molecule has 4 heteroatoms. The molecule has 7 aromatic carbocycles. The van der Waals surface area contributed by atoms with Crippen LogP contribution in [0.15, 0.2) is 158 Å². The zero-order valence-electron chi connectivity index (χ0n) is 29.0. The first-order chi connectivity index (χ1) is 25.7. The zero-order valence-corrected chi connectivity index (χ0v) is 29.0. The van der Waals surface area contributed by atoms with Crippen LogP contribution in [0.5, 0.6) is 11.5 Å². The molecule has 0 N–H and O–H groups in total. The third kappa shape index (κ3) is 5.42. The first-order valence-electron chi connectivity index (χ1n) is 17.5. The summed E-state index contributed by atoms with van der Waals surface area (Å²) >= 11 is 0. The van der Waals surface area contributed by atoms with Crippen molar-refractivity contribution >= 4 is 67.9 Å². The minimum absolute atomic E-state index is 0.778. The van der Waals surface area contributed by atoms with Gasteiger partial charge in [-0.05, 0) is 71.8 Å². The third-order valence-electron chi connectivity index (χ3n) is 9.96. The van der Waals surface area contributed by atoms with Crippen molar-refractivity contribution in [1.29, 1.82) is 0 Å². The first kappa shape index (κ1) is 31.2. The highest BCUT2D eigenvalue weighted by Crippen LogP contribution is 2.35.